The number of nitrogens with zero attached hydrogens (tertiary/aromatic N) is 4. The van der Waals surface area contributed by atoms with Crippen LogP contribution < -0.4 is 0 Å². The van der Waals surface area contributed by atoms with Gasteiger partial charge in [0.1, 0.15) is 0 Å². The highest BCUT2D eigenvalue weighted by Crippen LogP contribution is 2.30. The van der Waals surface area contributed by atoms with Crippen LogP contribution in [0.4, 0.5) is 0 Å². The average Bonchev–Trinajstić information content (AvgIpc) is 3.00. The Balaban J connectivity index is 1.98. The Kier molecular flexibility index (Phi) is 3.15. The molecule has 0 saturated heterocycles. The monoisotopic (exact) mass is 300 g/mol. The SMILES string of the molecule is Cc1ccncc1-c1ccnc2c1cnn2-c1ccccc1C. The zero-order chi connectivity index (χ0) is 15.8. The lowest BCUT2D eigenvalue weighted by atomic mass is 10.0. The molecule has 0 N–H and O–H groups in total. The minimum Gasteiger partial charge on any atom is -0.264 e. The molecule has 4 heteroatoms. The first-order valence-corrected chi connectivity index (χ1v) is 7.55. The van der Waals surface area contributed by atoms with E-state index in [0.717, 1.165) is 27.8 Å². The molecule has 4 nitrogen and oxygen atoms in total. The summed E-state index contributed by atoms with van der Waals surface area (Å²) in [4.78, 5) is 8.81. The number of rotatable bonds is 2. The average molecular weight is 300 g/mol. The molecule has 3 heterocycles. The minimum atomic E-state index is 0.861. The number of pyridine rings is 2. The maximum Gasteiger partial charge on any atom is 0.163 e. The second-order valence-electron chi connectivity index (χ2n) is 5.63. The van der Waals surface area contributed by atoms with Gasteiger partial charge in [-0.1, -0.05) is 18.2 Å². The molecular weight excluding hydrogens is 284 g/mol. The highest BCUT2D eigenvalue weighted by atomic mass is 15.3. The van der Waals surface area contributed by atoms with Gasteiger partial charge in [-0.05, 0) is 48.7 Å². The van der Waals surface area contributed by atoms with Crippen molar-refractivity contribution in [2.75, 3.05) is 0 Å². The van der Waals surface area contributed by atoms with E-state index < -0.39 is 0 Å². The zero-order valence-corrected chi connectivity index (χ0v) is 13.1. The van der Waals surface area contributed by atoms with Crippen LogP contribution in [0.3, 0.4) is 0 Å². The highest BCUT2D eigenvalue weighted by molar-refractivity contribution is 5.93. The van der Waals surface area contributed by atoms with Crippen molar-refractivity contribution in [2.45, 2.75) is 13.8 Å². The van der Waals surface area contributed by atoms with E-state index in [1.165, 1.54) is 11.1 Å². The van der Waals surface area contributed by atoms with E-state index in [9.17, 15) is 0 Å². The Labute approximate surface area is 134 Å². The van der Waals surface area contributed by atoms with Gasteiger partial charge in [0.25, 0.3) is 0 Å². The molecular formula is C19H16N4. The Bertz CT molecular complexity index is 1000. The molecule has 0 aliphatic rings. The molecule has 1 aromatic carbocycles. The van der Waals surface area contributed by atoms with Crippen LogP contribution in [0.5, 0.6) is 0 Å². The molecule has 0 amide bonds. The molecule has 0 atom stereocenters. The Morgan fingerprint density at radius 2 is 1.70 bits per heavy atom. The van der Waals surface area contributed by atoms with Gasteiger partial charge in [0.15, 0.2) is 5.65 Å². The molecule has 0 aliphatic heterocycles. The van der Waals surface area contributed by atoms with Crippen LogP contribution in [0, 0.1) is 13.8 Å². The van der Waals surface area contributed by atoms with Gasteiger partial charge < -0.3 is 0 Å². The predicted octanol–water partition coefficient (Wildman–Crippen LogP) is 4.10. The van der Waals surface area contributed by atoms with Crippen LogP contribution in [0.25, 0.3) is 27.8 Å². The van der Waals surface area contributed by atoms with Crippen molar-refractivity contribution in [2.24, 2.45) is 0 Å². The molecule has 0 spiro atoms. The molecule has 0 unspecified atom stereocenters. The molecule has 0 fully saturated rings. The van der Waals surface area contributed by atoms with Gasteiger partial charge in [0, 0.05) is 29.5 Å². The van der Waals surface area contributed by atoms with Crippen molar-refractivity contribution >= 4 is 11.0 Å². The molecule has 0 radical (unpaired) electrons. The van der Waals surface area contributed by atoms with E-state index in [1.54, 1.807) is 0 Å². The third-order valence-corrected chi connectivity index (χ3v) is 4.14. The summed E-state index contributed by atoms with van der Waals surface area (Å²) >= 11 is 0. The molecule has 4 rings (SSSR count). The second-order valence-corrected chi connectivity index (χ2v) is 5.63. The predicted molar refractivity (Wildman–Crippen MR) is 91.6 cm³/mol. The van der Waals surface area contributed by atoms with Crippen molar-refractivity contribution in [1.82, 2.24) is 19.7 Å². The van der Waals surface area contributed by atoms with Crippen molar-refractivity contribution in [3.05, 3.63) is 72.3 Å². The first kappa shape index (κ1) is 13.6. The summed E-state index contributed by atoms with van der Waals surface area (Å²) in [6.45, 7) is 4.17. The quantitative estimate of drug-likeness (QED) is 0.560. The number of aromatic nitrogens is 4. The van der Waals surface area contributed by atoms with E-state index in [0.29, 0.717) is 0 Å². The number of para-hydroxylation sites is 1. The molecule has 23 heavy (non-hydrogen) atoms. The van der Waals surface area contributed by atoms with Crippen molar-refractivity contribution < 1.29 is 0 Å². The van der Waals surface area contributed by atoms with Gasteiger partial charge in [0.05, 0.1) is 11.9 Å². The summed E-state index contributed by atoms with van der Waals surface area (Å²) in [5.41, 5.74) is 6.50. The summed E-state index contributed by atoms with van der Waals surface area (Å²) in [5.74, 6) is 0. The van der Waals surface area contributed by atoms with Gasteiger partial charge in [-0.15, -0.1) is 0 Å². The van der Waals surface area contributed by atoms with Crippen LogP contribution in [-0.4, -0.2) is 19.7 Å². The first-order valence-electron chi connectivity index (χ1n) is 7.55. The van der Waals surface area contributed by atoms with Gasteiger partial charge in [-0.3, -0.25) is 4.98 Å². The molecule has 0 bridgehead atoms. The normalized spacial score (nSPS) is 11.0. The second kappa shape index (κ2) is 5.32. The number of aryl methyl sites for hydroxylation is 2. The Morgan fingerprint density at radius 3 is 2.52 bits per heavy atom. The lowest BCUT2D eigenvalue weighted by Gasteiger charge is -2.08. The van der Waals surface area contributed by atoms with E-state index in [-0.39, 0.29) is 0 Å². The minimum absolute atomic E-state index is 0.861. The van der Waals surface area contributed by atoms with Crippen LogP contribution in [-0.2, 0) is 0 Å². The van der Waals surface area contributed by atoms with E-state index in [2.05, 4.69) is 41.0 Å². The topological polar surface area (TPSA) is 43.6 Å². The van der Waals surface area contributed by atoms with E-state index in [1.807, 2.05) is 53.7 Å². The van der Waals surface area contributed by atoms with Crippen LogP contribution >= 0.6 is 0 Å². The van der Waals surface area contributed by atoms with Gasteiger partial charge in [0.2, 0.25) is 0 Å². The van der Waals surface area contributed by atoms with E-state index >= 15 is 0 Å². The third-order valence-electron chi connectivity index (χ3n) is 4.14. The fraction of sp³-hybridized carbons (Fsp3) is 0.105. The summed E-state index contributed by atoms with van der Waals surface area (Å²) < 4.78 is 1.90. The van der Waals surface area contributed by atoms with Gasteiger partial charge in [-0.25, -0.2) is 9.67 Å². The van der Waals surface area contributed by atoms with E-state index in [4.69, 9.17) is 0 Å². The van der Waals surface area contributed by atoms with Crippen LogP contribution in [0.1, 0.15) is 11.1 Å². The molecule has 3 aromatic heterocycles. The maximum atomic E-state index is 4.58. The van der Waals surface area contributed by atoms with Gasteiger partial charge in [-0.2, -0.15) is 5.10 Å². The van der Waals surface area contributed by atoms with Gasteiger partial charge >= 0.3 is 0 Å². The first-order chi connectivity index (χ1) is 11.3. The molecule has 0 aliphatic carbocycles. The van der Waals surface area contributed by atoms with Crippen molar-refractivity contribution in [3.63, 3.8) is 0 Å². The smallest absolute Gasteiger partial charge is 0.163 e. The summed E-state index contributed by atoms with van der Waals surface area (Å²) in [6, 6.07) is 12.2. The lowest BCUT2D eigenvalue weighted by Crippen LogP contribution is -1.99. The summed E-state index contributed by atoms with van der Waals surface area (Å²) in [7, 11) is 0. The largest absolute Gasteiger partial charge is 0.264 e. The molecule has 0 saturated carbocycles. The standard InChI is InChI=1S/C19H16N4/c1-13-7-9-20-11-16(13)15-8-10-21-19-17(15)12-22-23(19)18-6-4-3-5-14(18)2/h3-12H,1-2H3. The number of hydrogen-bond donors (Lipinski definition) is 0. The Hall–Kier alpha value is -3.01. The number of hydrogen-bond acceptors (Lipinski definition) is 3. The molecule has 4 aromatic rings. The van der Waals surface area contributed by atoms with Crippen LogP contribution in [0.2, 0.25) is 0 Å². The van der Waals surface area contributed by atoms with Crippen molar-refractivity contribution in [1.29, 1.82) is 0 Å². The zero-order valence-electron chi connectivity index (χ0n) is 13.1. The Morgan fingerprint density at radius 1 is 0.826 bits per heavy atom. The fourth-order valence-corrected chi connectivity index (χ4v) is 2.89. The maximum absolute atomic E-state index is 4.58. The van der Waals surface area contributed by atoms with Crippen LogP contribution in [0.15, 0.2) is 61.2 Å². The lowest BCUT2D eigenvalue weighted by molar-refractivity contribution is 0.889. The summed E-state index contributed by atoms with van der Waals surface area (Å²) in [5, 5.41) is 5.61. The number of benzene rings is 1. The summed E-state index contributed by atoms with van der Waals surface area (Å²) in [6.07, 6.45) is 7.43. The molecule has 112 valence electrons. The fourth-order valence-electron chi connectivity index (χ4n) is 2.89. The van der Waals surface area contributed by atoms with Crippen molar-refractivity contribution in [3.8, 4) is 16.8 Å². The number of fused-ring (bicyclic) bond motifs is 1. The highest BCUT2D eigenvalue weighted by Gasteiger charge is 2.13. The third kappa shape index (κ3) is 2.19.